The van der Waals surface area contributed by atoms with Crippen LogP contribution in [-0.4, -0.2) is 24.6 Å². The standard InChI is InChI=1S/C5H2F7NO/c6-1-3(7,8)4(9,10)5(11,12)14-2-13/h1H2. The molecule has 0 radical (unpaired) electrons. The fraction of sp³-hybridized carbons (Fsp3) is 0.800. The third kappa shape index (κ3) is 1.83. The van der Waals surface area contributed by atoms with Crippen molar-refractivity contribution >= 4 is 0 Å². The van der Waals surface area contributed by atoms with Gasteiger partial charge in [0.05, 0.1) is 0 Å². The summed E-state index contributed by atoms with van der Waals surface area (Å²) in [7, 11) is 0. The maximum Gasteiger partial charge on any atom is 0.480 e. The SMILES string of the molecule is N#COC(F)(F)C(F)(F)C(F)(F)CF. The number of ether oxygens (including phenoxy) is 1. The summed E-state index contributed by atoms with van der Waals surface area (Å²) in [4.78, 5) is 0. The Hall–Kier alpha value is -1.20. The van der Waals surface area contributed by atoms with E-state index in [-0.39, 0.29) is 6.26 Å². The Labute approximate surface area is 72.9 Å². The number of hydrogen-bond donors (Lipinski definition) is 0. The van der Waals surface area contributed by atoms with Crippen molar-refractivity contribution in [2.45, 2.75) is 18.0 Å². The quantitative estimate of drug-likeness (QED) is 0.543. The smallest absolute Gasteiger partial charge is 0.353 e. The van der Waals surface area contributed by atoms with Gasteiger partial charge in [-0.2, -0.15) is 31.6 Å². The van der Waals surface area contributed by atoms with E-state index in [1.807, 2.05) is 0 Å². The lowest BCUT2D eigenvalue weighted by atomic mass is 10.2. The van der Waals surface area contributed by atoms with E-state index in [0.717, 1.165) is 0 Å². The molecular formula is C5H2F7NO. The van der Waals surface area contributed by atoms with Crippen molar-refractivity contribution in [2.75, 3.05) is 6.67 Å². The van der Waals surface area contributed by atoms with Gasteiger partial charge < -0.3 is 4.74 Å². The first kappa shape index (κ1) is 12.8. The van der Waals surface area contributed by atoms with E-state index < -0.39 is 24.6 Å². The van der Waals surface area contributed by atoms with E-state index in [2.05, 4.69) is 4.74 Å². The first-order valence-electron chi connectivity index (χ1n) is 2.89. The Morgan fingerprint density at radius 2 is 1.50 bits per heavy atom. The molecule has 0 amide bonds. The van der Waals surface area contributed by atoms with Crippen molar-refractivity contribution in [3.63, 3.8) is 0 Å². The highest BCUT2D eigenvalue weighted by molar-refractivity contribution is 4.92. The predicted molar refractivity (Wildman–Crippen MR) is 27.5 cm³/mol. The highest BCUT2D eigenvalue weighted by Gasteiger charge is 2.74. The largest absolute Gasteiger partial charge is 0.480 e. The van der Waals surface area contributed by atoms with Gasteiger partial charge in [0.15, 0.2) is 6.67 Å². The normalized spacial score (nSPS) is 13.6. The Bertz CT molecular complexity index is 245. The zero-order chi connectivity index (χ0) is 11.6. The number of rotatable bonds is 4. The van der Waals surface area contributed by atoms with Crippen molar-refractivity contribution in [2.24, 2.45) is 0 Å². The minimum Gasteiger partial charge on any atom is -0.353 e. The molecule has 0 atom stereocenters. The zero-order valence-electron chi connectivity index (χ0n) is 6.21. The molecule has 0 aliphatic rings. The summed E-state index contributed by atoms with van der Waals surface area (Å²) in [5.74, 6) is -11.7. The summed E-state index contributed by atoms with van der Waals surface area (Å²) in [6.45, 7) is -3.00. The van der Waals surface area contributed by atoms with Crippen LogP contribution >= 0.6 is 0 Å². The first-order chi connectivity index (χ1) is 6.12. The number of alkyl halides is 7. The van der Waals surface area contributed by atoms with Crippen LogP contribution in [0.1, 0.15) is 0 Å². The summed E-state index contributed by atoms with van der Waals surface area (Å²) in [6.07, 6.45) is -5.63. The van der Waals surface area contributed by atoms with Crippen LogP contribution in [0.3, 0.4) is 0 Å². The molecular weight excluding hydrogens is 223 g/mol. The molecule has 82 valence electrons. The van der Waals surface area contributed by atoms with Gasteiger partial charge >= 0.3 is 18.0 Å². The lowest BCUT2D eigenvalue weighted by molar-refractivity contribution is -0.382. The van der Waals surface area contributed by atoms with Gasteiger partial charge in [-0.15, -0.1) is 0 Å². The molecule has 0 saturated heterocycles. The second-order valence-electron chi connectivity index (χ2n) is 2.12. The number of nitrogens with zero attached hydrogens (tertiary/aromatic N) is 1. The first-order valence-corrected chi connectivity index (χ1v) is 2.89. The molecule has 9 heteroatoms. The van der Waals surface area contributed by atoms with E-state index in [0.29, 0.717) is 0 Å². The van der Waals surface area contributed by atoms with Crippen LogP contribution in [0.5, 0.6) is 0 Å². The van der Waals surface area contributed by atoms with Gasteiger partial charge in [0.1, 0.15) is 0 Å². The van der Waals surface area contributed by atoms with Crippen LogP contribution in [0.15, 0.2) is 0 Å². The van der Waals surface area contributed by atoms with Gasteiger partial charge in [0, 0.05) is 0 Å². The van der Waals surface area contributed by atoms with Crippen molar-refractivity contribution in [3.8, 4) is 6.26 Å². The Balaban J connectivity index is 5.05. The molecule has 0 spiro atoms. The van der Waals surface area contributed by atoms with Crippen LogP contribution in [0, 0.1) is 11.5 Å². The fourth-order valence-electron chi connectivity index (χ4n) is 0.418. The molecule has 0 unspecified atom stereocenters. The summed E-state index contributed by atoms with van der Waals surface area (Å²) in [5.41, 5.74) is 0. The van der Waals surface area contributed by atoms with Crippen LogP contribution in [0.2, 0.25) is 0 Å². The van der Waals surface area contributed by atoms with Gasteiger partial charge in [-0.25, -0.2) is 4.39 Å². The minimum atomic E-state index is -6.09. The van der Waals surface area contributed by atoms with E-state index >= 15 is 0 Å². The summed E-state index contributed by atoms with van der Waals surface area (Å²) >= 11 is 0. The minimum absolute atomic E-state index is 0.124. The topological polar surface area (TPSA) is 33.0 Å². The van der Waals surface area contributed by atoms with Gasteiger partial charge in [-0.1, -0.05) is 0 Å². The van der Waals surface area contributed by atoms with Crippen LogP contribution in [-0.2, 0) is 4.74 Å². The average Bonchev–Trinajstić information content (AvgIpc) is 2.03. The highest BCUT2D eigenvalue weighted by Crippen LogP contribution is 2.46. The monoisotopic (exact) mass is 225 g/mol. The molecule has 0 heterocycles. The lowest BCUT2D eigenvalue weighted by Gasteiger charge is -2.28. The fourth-order valence-corrected chi connectivity index (χ4v) is 0.418. The average molecular weight is 225 g/mol. The number of nitriles is 1. The van der Waals surface area contributed by atoms with Crippen molar-refractivity contribution in [1.82, 2.24) is 0 Å². The molecule has 0 aromatic rings. The van der Waals surface area contributed by atoms with Gasteiger partial charge in [-0.3, -0.25) is 0 Å². The highest BCUT2D eigenvalue weighted by atomic mass is 19.4. The van der Waals surface area contributed by atoms with Gasteiger partial charge in [0.25, 0.3) is 6.26 Å². The number of halogens is 7. The van der Waals surface area contributed by atoms with E-state index in [4.69, 9.17) is 5.26 Å². The summed E-state index contributed by atoms with van der Waals surface area (Å²) in [5, 5.41) is 7.48. The van der Waals surface area contributed by atoms with Gasteiger partial charge in [0.2, 0.25) is 0 Å². The number of hydrogen-bond acceptors (Lipinski definition) is 2. The Kier molecular flexibility index (Phi) is 3.21. The maximum atomic E-state index is 12.2. The Morgan fingerprint density at radius 3 is 1.79 bits per heavy atom. The van der Waals surface area contributed by atoms with Crippen LogP contribution in [0.25, 0.3) is 0 Å². The summed E-state index contributed by atoms with van der Waals surface area (Å²) in [6, 6.07) is 0. The molecule has 0 N–H and O–H groups in total. The van der Waals surface area contributed by atoms with E-state index in [1.54, 1.807) is 0 Å². The zero-order valence-corrected chi connectivity index (χ0v) is 6.21. The molecule has 0 saturated carbocycles. The van der Waals surface area contributed by atoms with Crippen molar-refractivity contribution in [1.29, 1.82) is 5.26 Å². The van der Waals surface area contributed by atoms with Crippen molar-refractivity contribution in [3.05, 3.63) is 0 Å². The van der Waals surface area contributed by atoms with E-state index in [1.165, 1.54) is 0 Å². The third-order valence-corrected chi connectivity index (χ3v) is 1.17. The van der Waals surface area contributed by atoms with Crippen molar-refractivity contribution < 1.29 is 35.5 Å². The molecule has 0 aliphatic carbocycles. The molecule has 2 nitrogen and oxygen atoms in total. The van der Waals surface area contributed by atoms with Gasteiger partial charge in [-0.05, 0) is 0 Å². The maximum absolute atomic E-state index is 12.2. The van der Waals surface area contributed by atoms with Crippen LogP contribution in [0.4, 0.5) is 30.7 Å². The van der Waals surface area contributed by atoms with E-state index in [9.17, 15) is 30.7 Å². The summed E-state index contributed by atoms with van der Waals surface area (Å²) < 4.78 is 86.1. The molecule has 0 fully saturated rings. The lowest BCUT2D eigenvalue weighted by Crippen LogP contribution is -2.56. The molecule has 0 rings (SSSR count). The Morgan fingerprint density at radius 1 is 1.07 bits per heavy atom. The molecule has 0 aliphatic heterocycles. The molecule has 0 aromatic carbocycles. The third-order valence-electron chi connectivity index (χ3n) is 1.17. The predicted octanol–water partition coefficient (Wildman–Crippen LogP) is 2.32. The second kappa shape index (κ2) is 3.51. The second-order valence-corrected chi connectivity index (χ2v) is 2.12. The molecule has 14 heavy (non-hydrogen) atoms. The molecule has 0 aromatic heterocycles. The molecule has 0 bridgehead atoms. The van der Waals surface area contributed by atoms with Crippen LogP contribution < -0.4 is 0 Å².